The van der Waals surface area contributed by atoms with Crippen LogP contribution in [-0.4, -0.2) is 77.6 Å². The highest BCUT2D eigenvalue weighted by Crippen LogP contribution is 2.41. The van der Waals surface area contributed by atoms with Crippen LogP contribution in [0.5, 0.6) is 0 Å². The van der Waals surface area contributed by atoms with Crippen LogP contribution in [0.4, 0.5) is 22.0 Å². The van der Waals surface area contributed by atoms with Crippen LogP contribution in [-0.2, 0) is 16.9 Å². The summed E-state index contributed by atoms with van der Waals surface area (Å²) in [4.78, 5) is 32.7. The molecular weight excluding hydrogens is 576 g/mol. The highest BCUT2D eigenvalue weighted by atomic mass is 16.2. The molecule has 0 bridgehead atoms. The minimum Gasteiger partial charge on any atom is -0.338 e. The fourth-order valence-corrected chi connectivity index (χ4v) is 5.78. The maximum absolute atomic E-state index is 13.7. The van der Waals surface area contributed by atoms with Gasteiger partial charge in [-0.1, -0.05) is 56.7 Å². The zero-order chi connectivity index (χ0) is 33.9. The molecule has 2 aliphatic heterocycles. The SMILES string of the molecule is C=C.CCC.CN(C)CC(NC(=O)N1Cc2c(Nc3cccc(NC(=O)C4CCN(C)CC4)c3)n[nH]c2C1(C)C)c1ccccc1. The van der Waals surface area contributed by atoms with Crippen molar-refractivity contribution < 1.29 is 9.59 Å². The summed E-state index contributed by atoms with van der Waals surface area (Å²) in [5.74, 6) is 0.786. The Labute approximate surface area is 275 Å². The second-order valence-corrected chi connectivity index (χ2v) is 12.7. The number of anilines is 3. The minimum atomic E-state index is -0.574. The van der Waals surface area contributed by atoms with Crippen LogP contribution in [0.3, 0.4) is 0 Å². The summed E-state index contributed by atoms with van der Waals surface area (Å²) in [5, 5.41) is 17.5. The monoisotopic (exact) mass is 630 g/mol. The third-order valence-corrected chi connectivity index (χ3v) is 8.24. The molecule has 2 aromatic carbocycles. The van der Waals surface area contributed by atoms with Gasteiger partial charge in [0.05, 0.1) is 23.8 Å². The number of benzene rings is 2. The smallest absolute Gasteiger partial charge is 0.319 e. The van der Waals surface area contributed by atoms with Crippen molar-refractivity contribution in [1.29, 1.82) is 0 Å². The van der Waals surface area contributed by atoms with Gasteiger partial charge in [0.15, 0.2) is 5.82 Å². The lowest BCUT2D eigenvalue weighted by Gasteiger charge is -2.34. The minimum absolute atomic E-state index is 0.0380. The van der Waals surface area contributed by atoms with Gasteiger partial charge in [-0.2, -0.15) is 5.10 Å². The van der Waals surface area contributed by atoms with E-state index in [-0.39, 0.29) is 23.9 Å². The normalized spacial score (nSPS) is 16.3. The zero-order valence-electron chi connectivity index (χ0n) is 28.8. The Balaban J connectivity index is 0.00000109. The van der Waals surface area contributed by atoms with Crippen molar-refractivity contribution in [2.75, 3.05) is 51.4 Å². The Hall–Kier alpha value is -4.15. The molecule has 3 heterocycles. The van der Waals surface area contributed by atoms with Crippen molar-refractivity contribution in [2.45, 2.75) is 65.1 Å². The van der Waals surface area contributed by atoms with Crippen LogP contribution in [0.15, 0.2) is 67.8 Å². The number of aromatic nitrogens is 2. The van der Waals surface area contributed by atoms with Crippen molar-refractivity contribution in [3.8, 4) is 0 Å². The lowest BCUT2D eigenvalue weighted by Crippen LogP contribution is -2.48. The quantitative estimate of drug-likeness (QED) is 0.206. The first-order valence-electron chi connectivity index (χ1n) is 16.2. The molecule has 3 aromatic rings. The highest BCUT2D eigenvalue weighted by Gasteiger charge is 2.44. The molecule has 0 aliphatic carbocycles. The summed E-state index contributed by atoms with van der Waals surface area (Å²) in [7, 11) is 6.10. The van der Waals surface area contributed by atoms with Crippen molar-refractivity contribution in [3.05, 3.63) is 84.6 Å². The van der Waals surface area contributed by atoms with E-state index in [9.17, 15) is 9.59 Å². The first-order valence-corrected chi connectivity index (χ1v) is 16.2. The largest absolute Gasteiger partial charge is 0.338 e. The number of fused-ring (bicyclic) bond motifs is 1. The molecule has 10 heteroatoms. The summed E-state index contributed by atoms with van der Waals surface area (Å²) >= 11 is 0. The predicted molar refractivity (Wildman–Crippen MR) is 189 cm³/mol. The summed E-state index contributed by atoms with van der Waals surface area (Å²) in [5.41, 5.74) is 3.92. The van der Waals surface area contributed by atoms with Crippen LogP contribution in [0.1, 0.15) is 69.8 Å². The molecule has 4 N–H and O–H groups in total. The van der Waals surface area contributed by atoms with E-state index in [1.54, 1.807) is 0 Å². The van der Waals surface area contributed by atoms with E-state index in [1.807, 2.05) is 87.4 Å². The first-order chi connectivity index (χ1) is 22.0. The molecule has 1 atom stereocenters. The van der Waals surface area contributed by atoms with E-state index in [0.29, 0.717) is 18.9 Å². The van der Waals surface area contributed by atoms with E-state index in [0.717, 1.165) is 54.1 Å². The number of carbonyl (C=O) groups is 2. The number of carbonyl (C=O) groups excluding carboxylic acids is 2. The molecule has 250 valence electrons. The van der Waals surface area contributed by atoms with Crippen molar-refractivity contribution >= 4 is 29.1 Å². The van der Waals surface area contributed by atoms with Gasteiger partial charge < -0.3 is 30.7 Å². The molecule has 0 radical (unpaired) electrons. The van der Waals surface area contributed by atoms with Gasteiger partial charge in [-0.3, -0.25) is 9.89 Å². The molecular formula is C36H54N8O2. The molecule has 1 saturated heterocycles. The van der Waals surface area contributed by atoms with Gasteiger partial charge in [-0.25, -0.2) is 4.79 Å². The Morgan fingerprint density at radius 2 is 1.67 bits per heavy atom. The maximum Gasteiger partial charge on any atom is 0.319 e. The number of nitrogens with zero attached hydrogens (tertiary/aromatic N) is 4. The van der Waals surface area contributed by atoms with Gasteiger partial charge in [-0.15, -0.1) is 13.2 Å². The number of hydrogen-bond acceptors (Lipinski definition) is 6. The molecule has 2 aliphatic rings. The van der Waals surface area contributed by atoms with Gasteiger partial charge in [0, 0.05) is 29.4 Å². The number of hydrogen-bond donors (Lipinski definition) is 4. The third-order valence-electron chi connectivity index (χ3n) is 8.24. The van der Waals surface area contributed by atoms with Crippen LogP contribution < -0.4 is 16.0 Å². The maximum atomic E-state index is 13.7. The van der Waals surface area contributed by atoms with Crippen LogP contribution in [0.25, 0.3) is 0 Å². The van der Waals surface area contributed by atoms with Gasteiger partial charge in [0.2, 0.25) is 5.91 Å². The van der Waals surface area contributed by atoms with E-state index < -0.39 is 5.54 Å². The lowest BCUT2D eigenvalue weighted by atomic mass is 9.96. The number of likely N-dealkylation sites (tertiary alicyclic amines) is 1. The zero-order valence-corrected chi connectivity index (χ0v) is 28.8. The van der Waals surface area contributed by atoms with Gasteiger partial charge in [0.25, 0.3) is 0 Å². The number of rotatable bonds is 8. The second-order valence-electron chi connectivity index (χ2n) is 12.7. The fraction of sp³-hybridized carbons (Fsp3) is 0.472. The summed E-state index contributed by atoms with van der Waals surface area (Å²) in [6, 6.07) is 17.5. The molecule has 3 amide bonds. The summed E-state index contributed by atoms with van der Waals surface area (Å²) < 4.78 is 0. The predicted octanol–water partition coefficient (Wildman–Crippen LogP) is 6.72. The Kier molecular flexibility index (Phi) is 13.4. The number of H-pyrrole nitrogens is 1. The molecule has 0 saturated carbocycles. The van der Waals surface area contributed by atoms with Gasteiger partial charge in [-0.05, 0) is 84.7 Å². The molecule has 1 aromatic heterocycles. The average Bonchev–Trinajstić information content (AvgIpc) is 3.56. The molecule has 10 nitrogen and oxygen atoms in total. The lowest BCUT2D eigenvalue weighted by molar-refractivity contribution is -0.121. The van der Waals surface area contributed by atoms with Crippen LogP contribution >= 0.6 is 0 Å². The summed E-state index contributed by atoms with van der Waals surface area (Å²) in [6.07, 6.45) is 3.00. The topological polar surface area (TPSA) is 109 Å². The van der Waals surface area contributed by atoms with Crippen molar-refractivity contribution in [1.82, 2.24) is 30.2 Å². The van der Waals surface area contributed by atoms with Crippen molar-refractivity contribution in [2.24, 2.45) is 5.92 Å². The Morgan fingerprint density at radius 3 is 2.30 bits per heavy atom. The number of piperidine rings is 1. The number of likely N-dealkylation sites (N-methyl/N-ethyl adjacent to an activating group) is 1. The number of urea groups is 1. The molecule has 0 spiro atoms. The average molecular weight is 631 g/mol. The fourth-order valence-electron chi connectivity index (χ4n) is 5.78. The van der Waals surface area contributed by atoms with Crippen LogP contribution in [0.2, 0.25) is 0 Å². The number of amides is 3. The highest BCUT2D eigenvalue weighted by molar-refractivity contribution is 5.93. The third kappa shape index (κ3) is 9.20. The van der Waals surface area contributed by atoms with E-state index in [4.69, 9.17) is 0 Å². The van der Waals surface area contributed by atoms with E-state index in [2.05, 4.69) is 70.0 Å². The molecule has 46 heavy (non-hydrogen) atoms. The number of aromatic amines is 1. The molecule has 5 rings (SSSR count). The van der Waals surface area contributed by atoms with Gasteiger partial charge in [0.1, 0.15) is 0 Å². The number of nitrogens with one attached hydrogen (secondary N) is 4. The molecule has 1 unspecified atom stereocenters. The van der Waals surface area contributed by atoms with E-state index in [1.165, 1.54) is 6.42 Å². The second kappa shape index (κ2) is 17.0. The van der Waals surface area contributed by atoms with Crippen molar-refractivity contribution in [3.63, 3.8) is 0 Å². The first kappa shape index (κ1) is 36.3. The Bertz CT molecular complexity index is 1400. The van der Waals surface area contributed by atoms with Gasteiger partial charge >= 0.3 is 6.03 Å². The van der Waals surface area contributed by atoms with Crippen LogP contribution in [0, 0.1) is 5.92 Å². The van der Waals surface area contributed by atoms with E-state index >= 15 is 0 Å². The Morgan fingerprint density at radius 1 is 1.04 bits per heavy atom. The standard InChI is InChI=1S/C31H42N8O2.C3H8.C2H4/c1-31(2)27-25(19-39(31)30(41)34-26(20-37(3)4)21-10-7-6-8-11-21)28(36-35-27)32-23-12-9-13-24(18-23)33-29(40)22-14-16-38(5)17-15-22;1-3-2;1-2/h6-13,18,22,26H,14-17,19-20H2,1-5H3,(H,33,40)(H,34,41)(H2,32,35,36);3H2,1-2H3;1-2H2. The molecule has 1 fully saturated rings. The summed E-state index contributed by atoms with van der Waals surface area (Å²) in [6.45, 7) is 17.3.